The SMILES string of the molecule is O=C(O)c1ccc2nc(CN3CCN(c4cc5ccccc5c(OCc5ccc(Cl)cc5F)n4)CC3)n(C[C@@H]3CCO3)c2c1. The van der Waals surface area contributed by atoms with E-state index in [0.717, 1.165) is 72.7 Å². The Morgan fingerprint density at radius 1 is 1.05 bits per heavy atom. The minimum atomic E-state index is -0.954. The Morgan fingerprint density at radius 2 is 1.86 bits per heavy atom. The molecule has 4 heterocycles. The van der Waals surface area contributed by atoms with E-state index in [1.54, 1.807) is 30.3 Å². The fourth-order valence-electron chi connectivity index (χ4n) is 5.81. The maximum Gasteiger partial charge on any atom is 0.335 e. The summed E-state index contributed by atoms with van der Waals surface area (Å²) in [5.74, 6) is 0.809. The number of fused-ring (bicyclic) bond motifs is 2. The van der Waals surface area contributed by atoms with Gasteiger partial charge < -0.3 is 24.0 Å². The van der Waals surface area contributed by atoms with Crippen LogP contribution in [0.4, 0.5) is 10.2 Å². The molecule has 5 aromatic rings. The second-order valence-electron chi connectivity index (χ2n) is 11.2. The Balaban J connectivity index is 1.08. The molecule has 0 saturated carbocycles. The Morgan fingerprint density at radius 3 is 2.61 bits per heavy atom. The van der Waals surface area contributed by atoms with Crippen molar-refractivity contribution in [2.45, 2.75) is 32.2 Å². The van der Waals surface area contributed by atoms with Crippen molar-refractivity contribution in [3.05, 3.63) is 94.5 Å². The van der Waals surface area contributed by atoms with Gasteiger partial charge in [-0.15, -0.1) is 0 Å². The van der Waals surface area contributed by atoms with Gasteiger partial charge in [0.25, 0.3) is 0 Å². The third-order valence-corrected chi connectivity index (χ3v) is 8.62. The lowest BCUT2D eigenvalue weighted by Gasteiger charge is -2.35. The molecule has 0 spiro atoms. The summed E-state index contributed by atoms with van der Waals surface area (Å²) in [5.41, 5.74) is 2.26. The highest BCUT2D eigenvalue weighted by Gasteiger charge is 2.25. The first-order chi connectivity index (χ1) is 21.4. The molecular weight excluding hydrogens is 585 g/mol. The van der Waals surface area contributed by atoms with E-state index in [1.807, 2.05) is 24.3 Å². The molecule has 44 heavy (non-hydrogen) atoms. The van der Waals surface area contributed by atoms with Crippen molar-refractivity contribution in [1.82, 2.24) is 19.4 Å². The molecule has 9 nitrogen and oxygen atoms in total. The molecular formula is C33H31ClFN5O4. The molecule has 7 rings (SSSR count). The molecule has 0 amide bonds. The normalized spacial score (nSPS) is 17.2. The van der Waals surface area contributed by atoms with E-state index < -0.39 is 11.8 Å². The highest BCUT2D eigenvalue weighted by molar-refractivity contribution is 6.30. The number of imidazole rings is 1. The van der Waals surface area contributed by atoms with Crippen molar-refractivity contribution >= 4 is 45.2 Å². The standard InChI is InChI=1S/C33H31ClFN5O4/c34-24-7-5-23(27(35)17-24)20-44-32-26-4-2-1-3-21(26)16-30(37-32)39-12-10-38(11-13-39)19-31-36-28-8-6-22(33(41)42)15-29(28)40(31)18-25-9-14-43-25/h1-8,15-17,25H,9-14,18-20H2,(H,41,42)/t25-/m0/s1. The van der Waals surface area contributed by atoms with Gasteiger partial charge in [-0.05, 0) is 54.3 Å². The largest absolute Gasteiger partial charge is 0.478 e. The Hall–Kier alpha value is -4.25. The van der Waals surface area contributed by atoms with Crippen molar-refractivity contribution in [1.29, 1.82) is 0 Å². The highest BCUT2D eigenvalue weighted by Crippen LogP contribution is 2.30. The number of aromatic nitrogens is 3. The van der Waals surface area contributed by atoms with E-state index in [9.17, 15) is 14.3 Å². The molecule has 226 valence electrons. The zero-order chi connectivity index (χ0) is 30.2. The van der Waals surface area contributed by atoms with E-state index in [2.05, 4.69) is 20.4 Å². The quantitative estimate of drug-likeness (QED) is 0.224. The number of hydrogen-bond acceptors (Lipinski definition) is 7. The third-order valence-electron chi connectivity index (χ3n) is 8.39. The highest BCUT2D eigenvalue weighted by atomic mass is 35.5. The zero-order valence-corrected chi connectivity index (χ0v) is 24.7. The van der Waals surface area contributed by atoms with Crippen LogP contribution >= 0.6 is 11.6 Å². The average molecular weight is 616 g/mol. The van der Waals surface area contributed by atoms with Gasteiger partial charge in [0.15, 0.2) is 0 Å². The number of pyridine rings is 1. The summed E-state index contributed by atoms with van der Waals surface area (Å²) in [6.07, 6.45) is 1.10. The lowest BCUT2D eigenvalue weighted by atomic mass is 10.1. The summed E-state index contributed by atoms with van der Waals surface area (Å²) >= 11 is 5.91. The van der Waals surface area contributed by atoms with Gasteiger partial charge in [-0.25, -0.2) is 14.2 Å². The van der Waals surface area contributed by atoms with Crippen molar-refractivity contribution < 1.29 is 23.8 Å². The third kappa shape index (κ3) is 5.80. The molecule has 3 aromatic carbocycles. The molecule has 1 N–H and O–H groups in total. The number of hydrogen-bond donors (Lipinski definition) is 1. The fraction of sp³-hybridized carbons (Fsp3) is 0.303. The van der Waals surface area contributed by atoms with Gasteiger partial charge in [-0.1, -0.05) is 35.9 Å². The second-order valence-corrected chi connectivity index (χ2v) is 11.7. The average Bonchev–Trinajstić information content (AvgIpc) is 3.34. The molecule has 2 aromatic heterocycles. The number of carbonyl (C=O) groups is 1. The predicted octanol–water partition coefficient (Wildman–Crippen LogP) is 5.77. The van der Waals surface area contributed by atoms with Crippen LogP contribution in [0.25, 0.3) is 21.8 Å². The number of carboxylic acids is 1. The van der Waals surface area contributed by atoms with Crippen LogP contribution in [-0.4, -0.2) is 69.4 Å². The summed E-state index contributed by atoms with van der Waals surface area (Å²) < 4.78 is 28.3. The molecule has 0 radical (unpaired) electrons. The lowest BCUT2D eigenvalue weighted by Crippen LogP contribution is -2.46. The van der Waals surface area contributed by atoms with Crippen molar-refractivity contribution in [2.24, 2.45) is 0 Å². The number of piperazine rings is 1. The number of nitrogens with zero attached hydrogens (tertiary/aromatic N) is 5. The molecule has 2 aliphatic rings. The van der Waals surface area contributed by atoms with E-state index >= 15 is 0 Å². The molecule has 11 heteroatoms. The van der Waals surface area contributed by atoms with Gasteiger partial charge in [-0.3, -0.25) is 4.90 Å². The minimum Gasteiger partial charge on any atom is -0.478 e. The lowest BCUT2D eigenvalue weighted by molar-refractivity contribution is -0.0592. The summed E-state index contributed by atoms with van der Waals surface area (Å²) in [6, 6.07) is 19.6. The Labute approximate surface area is 258 Å². The molecule has 0 unspecified atom stereocenters. The molecule has 2 aliphatic heterocycles. The first-order valence-electron chi connectivity index (χ1n) is 14.7. The fourth-order valence-corrected chi connectivity index (χ4v) is 5.97. The zero-order valence-electron chi connectivity index (χ0n) is 24.0. The molecule has 2 saturated heterocycles. The molecule has 0 aliphatic carbocycles. The number of anilines is 1. The first kappa shape index (κ1) is 28.5. The Bertz CT molecular complexity index is 1850. The summed E-state index contributed by atoms with van der Waals surface area (Å²) in [4.78, 5) is 26.0. The number of rotatable bonds is 9. The maximum absolute atomic E-state index is 14.4. The van der Waals surface area contributed by atoms with Crippen LogP contribution in [0.1, 0.15) is 28.2 Å². The van der Waals surface area contributed by atoms with Gasteiger partial charge in [0.1, 0.15) is 24.1 Å². The van der Waals surface area contributed by atoms with E-state index in [1.165, 1.54) is 6.07 Å². The van der Waals surface area contributed by atoms with Crippen molar-refractivity contribution in [2.75, 3.05) is 37.7 Å². The number of benzene rings is 3. The van der Waals surface area contributed by atoms with Gasteiger partial charge in [0.2, 0.25) is 5.88 Å². The van der Waals surface area contributed by atoms with Crippen molar-refractivity contribution in [3.8, 4) is 5.88 Å². The smallest absolute Gasteiger partial charge is 0.335 e. The van der Waals surface area contributed by atoms with E-state index in [-0.39, 0.29) is 18.3 Å². The van der Waals surface area contributed by atoms with Crippen LogP contribution in [-0.2, 0) is 24.4 Å². The van der Waals surface area contributed by atoms with Gasteiger partial charge in [0, 0.05) is 48.8 Å². The summed E-state index contributed by atoms with van der Waals surface area (Å²) in [5, 5.41) is 11.7. The van der Waals surface area contributed by atoms with Crippen LogP contribution in [0, 0.1) is 5.82 Å². The topological polar surface area (TPSA) is 93.0 Å². The van der Waals surface area contributed by atoms with Crippen LogP contribution in [0.3, 0.4) is 0 Å². The van der Waals surface area contributed by atoms with Crippen LogP contribution in [0.5, 0.6) is 5.88 Å². The second kappa shape index (κ2) is 12.0. The van der Waals surface area contributed by atoms with Crippen LogP contribution in [0.15, 0.2) is 66.7 Å². The summed E-state index contributed by atoms with van der Waals surface area (Å²) in [7, 11) is 0. The summed E-state index contributed by atoms with van der Waals surface area (Å²) in [6.45, 7) is 5.19. The monoisotopic (exact) mass is 615 g/mol. The molecule has 0 bridgehead atoms. The molecule has 2 fully saturated rings. The van der Waals surface area contributed by atoms with Crippen LogP contribution in [0.2, 0.25) is 5.02 Å². The van der Waals surface area contributed by atoms with E-state index in [0.29, 0.717) is 29.6 Å². The first-order valence-corrected chi connectivity index (χ1v) is 15.1. The molecule has 1 atom stereocenters. The maximum atomic E-state index is 14.4. The van der Waals surface area contributed by atoms with Gasteiger partial charge in [-0.2, -0.15) is 4.98 Å². The number of carboxylic acid groups (broad SMARTS) is 1. The Kier molecular flexibility index (Phi) is 7.80. The van der Waals surface area contributed by atoms with E-state index in [4.69, 9.17) is 31.0 Å². The minimum absolute atomic E-state index is 0.0398. The number of aromatic carboxylic acids is 1. The number of halogens is 2. The predicted molar refractivity (Wildman–Crippen MR) is 166 cm³/mol. The van der Waals surface area contributed by atoms with Gasteiger partial charge in [0.05, 0.1) is 35.8 Å². The van der Waals surface area contributed by atoms with Gasteiger partial charge >= 0.3 is 5.97 Å². The number of ether oxygens (including phenoxy) is 2. The van der Waals surface area contributed by atoms with Crippen molar-refractivity contribution in [3.63, 3.8) is 0 Å². The van der Waals surface area contributed by atoms with Crippen LogP contribution < -0.4 is 9.64 Å².